The maximum atomic E-state index is 17.2. The average Bonchev–Trinajstić information content (AvgIpc) is 3.23. The number of allylic oxidation sites excluding steroid dienone is 1. The van der Waals surface area contributed by atoms with Gasteiger partial charge in [-0.2, -0.15) is 0 Å². The number of ether oxygens (including phenoxy) is 2. The average molecular weight is 994 g/mol. The van der Waals surface area contributed by atoms with Crippen LogP contribution in [-0.2, 0) is 45.3 Å². The molecule has 1 aliphatic heterocycles. The van der Waals surface area contributed by atoms with Gasteiger partial charge in [-0.15, -0.1) is 0 Å². The molecule has 376 valence electrons. The Bertz CT molecular complexity index is 1880. The molecule has 3 fully saturated rings. The van der Waals surface area contributed by atoms with Gasteiger partial charge in [0.25, 0.3) is 0 Å². The number of rotatable bonds is 19. The van der Waals surface area contributed by atoms with Gasteiger partial charge in [0.2, 0.25) is 5.78 Å². The molecule has 1 N–H and O–H groups in total. The molecule has 0 radical (unpaired) electrons. The fourth-order valence-corrected chi connectivity index (χ4v) is 25.3. The van der Waals surface area contributed by atoms with Crippen LogP contribution in [0.15, 0.2) is 41.7 Å². The number of hydrogen-bond acceptors (Lipinski definition) is 12. The fraction of sp³-hybridized carbons (Fsp3) is 0.800. The SMILES string of the molecule is CO[Si](OC1=C2C(C)[C@@H](O[Si](OC)(C(C)C)C(C)C)C[C@@](O[SiH](C)C)([C@@H](OC(=O)c3ccccc3)C3[C@]4(O)COC4C[C@H](O[Si](OC)(C(C)C)C(C)C)[C@@]3(C)C1=O)C2(C)C)(C(C)C)C(C)C. The molecule has 0 aromatic heterocycles. The molecule has 3 aliphatic carbocycles. The maximum absolute atomic E-state index is 17.2. The van der Waals surface area contributed by atoms with E-state index < -0.39 is 99.0 Å². The summed E-state index contributed by atoms with van der Waals surface area (Å²) < 4.78 is 63.9. The van der Waals surface area contributed by atoms with Crippen molar-refractivity contribution in [2.24, 2.45) is 22.7 Å². The van der Waals surface area contributed by atoms with Gasteiger partial charge in [0.05, 0.1) is 35.9 Å². The minimum Gasteiger partial charge on any atom is -0.517 e. The predicted octanol–water partition coefficient (Wildman–Crippen LogP) is 10.5. The minimum absolute atomic E-state index is 0.0162. The van der Waals surface area contributed by atoms with Gasteiger partial charge in [-0.3, -0.25) is 4.79 Å². The lowest BCUT2D eigenvalue weighted by molar-refractivity contribution is -0.340. The number of aliphatic hydroxyl groups is 1. The molecule has 5 rings (SSSR count). The monoisotopic (exact) mass is 993 g/mol. The lowest BCUT2D eigenvalue weighted by Crippen LogP contribution is -2.81. The summed E-state index contributed by atoms with van der Waals surface area (Å²) in [6, 6.07) is 8.93. The molecule has 12 nitrogen and oxygen atoms in total. The first-order valence-corrected chi connectivity index (χ1v) is 33.5. The number of benzene rings is 1. The van der Waals surface area contributed by atoms with Crippen molar-refractivity contribution in [3.8, 4) is 0 Å². The summed E-state index contributed by atoms with van der Waals surface area (Å²) in [5, 5.41) is 13.6. The molecule has 1 aromatic rings. The Morgan fingerprint density at radius 2 is 1.26 bits per heavy atom. The molecule has 1 heterocycles. The summed E-state index contributed by atoms with van der Waals surface area (Å²) in [4.78, 5) is 32.2. The molecular weight excluding hydrogens is 905 g/mol. The van der Waals surface area contributed by atoms with Gasteiger partial charge < -0.3 is 45.6 Å². The minimum atomic E-state index is -3.33. The number of ketones is 1. The van der Waals surface area contributed by atoms with Gasteiger partial charge in [0.1, 0.15) is 23.1 Å². The van der Waals surface area contributed by atoms with Crippen molar-refractivity contribution in [3.63, 3.8) is 0 Å². The van der Waals surface area contributed by atoms with Crippen LogP contribution in [0.1, 0.15) is 134 Å². The van der Waals surface area contributed by atoms with Crippen molar-refractivity contribution in [2.45, 2.75) is 206 Å². The molecule has 2 bridgehead atoms. The number of Topliss-reactive ketones (excluding diaryl/α,β-unsaturated/α-hetero) is 1. The highest BCUT2D eigenvalue weighted by atomic mass is 28.4. The summed E-state index contributed by atoms with van der Waals surface area (Å²) in [7, 11) is -6.52. The van der Waals surface area contributed by atoms with Gasteiger partial charge in [0.15, 0.2) is 9.04 Å². The first-order chi connectivity index (χ1) is 30.5. The normalized spacial score (nSPS) is 31.7. The smallest absolute Gasteiger partial charge is 0.403 e. The van der Waals surface area contributed by atoms with E-state index in [0.717, 1.165) is 5.57 Å². The second-order valence-corrected chi connectivity index (χ2v) is 38.3. The number of fused-ring (bicyclic) bond motifs is 5. The molecule has 4 aliphatic rings. The molecule has 2 saturated carbocycles. The van der Waals surface area contributed by atoms with Gasteiger partial charge in [-0.25, -0.2) is 4.79 Å². The largest absolute Gasteiger partial charge is 0.517 e. The van der Waals surface area contributed by atoms with Crippen molar-refractivity contribution in [3.05, 3.63) is 47.2 Å². The Balaban J connectivity index is 2.06. The maximum Gasteiger partial charge on any atom is 0.403 e. The third kappa shape index (κ3) is 8.61. The second kappa shape index (κ2) is 19.9. The first-order valence-electron chi connectivity index (χ1n) is 24.8. The van der Waals surface area contributed by atoms with E-state index in [4.69, 9.17) is 40.5 Å². The predicted molar refractivity (Wildman–Crippen MR) is 269 cm³/mol. The summed E-state index contributed by atoms with van der Waals surface area (Å²) >= 11 is 0. The summed E-state index contributed by atoms with van der Waals surface area (Å²) in [6.45, 7) is 37.9. The van der Waals surface area contributed by atoms with Crippen LogP contribution >= 0.6 is 0 Å². The molecule has 66 heavy (non-hydrogen) atoms. The highest BCUT2D eigenvalue weighted by Gasteiger charge is 2.78. The van der Waals surface area contributed by atoms with E-state index in [9.17, 15) is 5.11 Å². The van der Waals surface area contributed by atoms with Crippen molar-refractivity contribution in [2.75, 3.05) is 27.9 Å². The van der Waals surface area contributed by atoms with Crippen LogP contribution in [0.5, 0.6) is 0 Å². The molecule has 16 heteroatoms. The Hall–Kier alpha value is -1.55. The Morgan fingerprint density at radius 3 is 1.68 bits per heavy atom. The lowest BCUT2D eigenvalue weighted by Gasteiger charge is -2.69. The van der Waals surface area contributed by atoms with Gasteiger partial charge in [0, 0.05) is 62.5 Å². The summed E-state index contributed by atoms with van der Waals surface area (Å²) in [5.41, 5.74) is -4.73. The van der Waals surface area contributed by atoms with Gasteiger partial charge in [-0.05, 0) is 59.9 Å². The topological polar surface area (TPSA) is 137 Å². The molecule has 0 spiro atoms. The van der Waals surface area contributed by atoms with Crippen molar-refractivity contribution < 1.29 is 55.2 Å². The summed E-state index contributed by atoms with van der Waals surface area (Å²) in [5.74, 6) is -2.23. The van der Waals surface area contributed by atoms with Crippen molar-refractivity contribution >= 4 is 46.5 Å². The van der Waals surface area contributed by atoms with E-state index in [-0.39, 0.29) is 64.2 Å². The Labute approximate surface area is 403 Å². The zero-order valence-corrected chi connectivity index (χ0v) is 48.6. The second-order valence-electron chi connectivity index (χ2n) is 22.8. The molecule has 1 saturated heterocycles. The first kappa shape index (κ1) is 55.4. The van der Waals surface area contributed by atoms with Crippen molar-refractivity contribution in [1.82, 2.24) is 0 Å². The van der Waals surface area contributed by atoms with Crippen LogP contribution in [0, 0.1) is 22.7 Å². The number of carbonyl (C=O) groups excluding carboxylic acids is 2. The van der Waals surface area contributed by atoms with Crippen LogP contribution in [0.3, 0.4) is 0 Å². The van der Waals surface area contributed by atoms with Crippen LogP contribution < -0.4 is 0 Å². The van der Waals surface area contributed by atoms with Gasteiger partial charge >= 0.3 is 31.7 Å². The molecule has 1 aromatic carbocycles. The van der Waals surface area contributed by atoms with E-state index in [2.05, 4.69) is 117 Å². The van der Waals surface area contributed by atoms with Gasteiger partial charge in [-0.1, -0.05) is 122 Å². The quantitative estimate of drug-likeness (QED) is 0.104. The van der Waals surface area contributed by atoms with E-state index in [1.165, 1.54) is 0 Å². The number of hydrogen-bond donors (Lipinski definition) is 1. The lowest BCUT2D eigenvalue weighted by atomic mass is 9.45. The molecule has 0 amide bonds. The Morgan fingerprint density at radius 1 is 0.773 bits per heavy atom. The van der Waals surface area contributed by atoms with E-state index in [0.29, 0.717) is 5.56 Å². The molecule has 9 atom stereocenters. The van der Waals surface area contributed by atoms with Crippen LogP contribution in [-0.4, -0.2) is 115 Å². The Kier molecular flexibility index (Phi) is 16.7. The highest BCUT2D eigenvalue weighted by molar-refractivity contribution is 6.71. The third-order valence-corrected chi connectivity index (χ3v) is 31.0. The fourth-order valence-electron chi connectivity index (χ4n) is 13.2. The zero-order chi connectivity index (χ0) is 49.9. The van der Waals surface area contributed by atoms with E-state index in [1.54, 1.807) is 45.6 Å². The van der Waals surface area contributed by atoms with Crippen molar-refractivity contribution in [1.29, 1.82) is 0 Å². The number of carbonyl (C=O) groups is 2. The summed E-state index contributed by atoms with van der Waals surface area (Å²) in [6.07, 6.45) is -2.94. The highest BCUT2D eigenvalue weighted by Crippen LogP contribution is 2.67. The van der Waals surface area contributed by atoms with Crippen LogP contribution in [0.4, 0.5) is 0 Å². The zero-order valence-electron chi connectivity index (χ0n) is 44.5. The van der Waals surface area contributed by atoms with Crippen LogP contribution in [0.25, 0.3) is 0 Å². The van der Waals surface area contributed by atoms with Crippen LogP contribution in [0.2, 0.25) is 46.3 Å². The standard InChI is InChI=1S/C50H88O12Si4/c1-30(2)64(54-17,31(3)4)59-38-28-50(62-63(20)21)45(58-46(52)37-25-23-22-24-26-37)43-48(16,39(27-40-49(43,53)29-57-40)60-65(55-18,32(5)6)33(7)8)44(51)42(41(36(38)13)47(50,14)15)61-66(56-19,34(9)10)35(11)12/h22-26,30-36,38-40,43,45,53,63H,27-29H2,1-21H3/t36?,38-,39-,40?,43?,45-,48+,49-,50+/m0/s1. The van der Waals surface area contributed by atoms with E-state index >= 15 is 9.59 Å². The molecule has 3 unspecified atom stereocenters. The third-order valence-electron chi connectivity index (χ3n) is 16.7. The molecular formula is C50H88O12Si4. The van der Waals surface area contributed by atoms with E-state index in [1.807, 2.05) is 13.0 Å². The number of esters is 1.